The molecule has 0 fully saturated rings. The highest BCUT2D eigenvalue weighted by molar-refractivity contribution is 7.89. The first-order valence-corrected chi connectivity index (χ1v) is 12.0. The normalized spacial score (nSPS) is 15.7. The standard InChI is InChI=1S/C23H29N3O4S/c1-4-25(5-2)31(29,30)20-11-12-21-19(15-20)16-22(26(21)17(3)27)23(28)24-14-13-18-9-7-6-8-10-18/h6-12,15,22H,4-5,13-14,16H2,1-3H3,(H,24,28)/t22-/m0/s1. The third kappa shape index (κ3) is 4.80. The van der Waals surface area contributed by atoms with E-state index in [1.54, 1.807) is 26.0 Å². The monoisotopic (exact) mass is 443 g/mol. The number of carbonyl (C=O) groups excluding carboxylic acids is 2. The van der Waals surface area contributed by atoms with E-state index in [1.807, 2.05) is 30.3 Å². The molecule has 0 saturated heterocycles. The van der Waals surface area contributed by atoms with E-state index in [0.717, 1.165) is 5.56 Å². The Morgan fingerprint density at radius 3 is 2.39 bits per heavy atom. The van der Waals surface area contributed by atoms with Crippen LogP contribution in [0.4, 0.5) is 5.69 Å². The van der Waals surface area contributed by atoms with Crippen molar-refractivity contribution in [2.24, 2.45) is 0 Å². The van der Waals surface area contributed by atoms with E-state index in [4.69, 9.17) is 0 Å². The molecule has 1 heterocycles. The molecule has 3 rings (SSSR count). The van der Waals surface area contributed by atoms with E-state index in [0.29, 0.717) is 37.3 Å². The zero-order valence-corrected chi connectivity index (χ0v) is 19.0. The number of rotatable bonds is 8. The van der Waals surface area contributed by atoms with Crippen LogP contribution in [0, 0.1) is 0 Å². The first-order valence-electron chi connectivity index (χ1n) is 10.5. The smallest absolute Gasteiger partial charge is 0.243 e. The number of hydrogen-bond acceptors (Lipinski definition) is 4. The maximum atomic E-state index is 12.9. The summed E-state index contributed by atoms with van der Waals surface area (Å²) < 4.78 is 27.1. The fourth-order valence-corrected chi connectivity index (χ4v) is 5.50. The highest BCUT2D eigenvalue weighted by Crippen LogP contribution is 2.34. The molecule has 1 aliphatic rings. The Hall–Kier alpha value is -2.71. The maximum Gasteiger partial charge on any atom is 0.243 e. The molecule has 31 heavy (non-hydrogen) atoms. The van der Waals surface area contributed by atoms with Crippen LogP contribution in [0.25, 0.3) is 0 Å². The second kappa shape index (κ2) is 9.62. The van der Waals surface area contributed by atoms with Crippen molar-refractivity contribution >= 4 is 27.5 Å². The van der Waals surface area contributed by atoms with Crippen LogP contribution in [-0.4, -0.2) is 50.2 Å². The zero-order chi connectivity index (χ0) is 22.6. The molecule has 0 unspecified atom stereocenters. The Morgan fingerprint density at radius 2 is 1.77 bits per heavy atom. The molecule has 0 spiro atoms. The van der Waals surface area contributed by atoms with Gasteiger partial charge in [0.2, 0.25) is 21.8 Å². The average molecular weight is 444 g/mol. The third-order valence-corrected chi connectivity index (χ3v) is 7.62. The van der Waals surface area contributed by atoms with Crippen LogP contribution in [0.2, 0.25) is 0 Å². The van der Waals surface area contributed by atoms with Gasteiger partial charge in [-0.1, -0.05) is 44.2 Å². The number of benzene rings is 2. The molecule has 1 N–H and O–H groups in total. The number of amides is 2. The van der Waals surface area contributed by atoms with Crippen molar-refractivity contribution in [1.82, 2.24) is 9.62 Å². The SMILES string of the molecule is CCN(CC)S(=O)(=O)c1ccc2c(c1)C[C@@H](C(=O)NCCc1ccccc1)N2C(C)=O. The minimum Gasteiger partial charge on any atom is -0.354 e. The van der Waals surface area contributed by atoms with Gasteiger partial charge in [0.1, 0.15) is 6.04 Å². The summed E-state index contributed by atoms with van der Waals surface area (Å²) in [6, 6.07) is 13.9. The van der Waals surface area contributed by atoms with Crippen LogP contribution in [0.1, 0.15) is 31.9 Å². The van der Waals surface area contributed by atoms with E-state index in [1.165, 1.54) is 22.2 Å². The lowest BCUT2D eigenvalue weighted by Crippen LogP contribution is -2.47. The van der Waals surface area contributed by atoms with Gasteiger partial charge >= 0.3 is 0 Å². The lowest BCUT2D eigenvalue weighted by molar-refractivity contribution is -0.125. The summed E-state index contributed by atoms with van der Waals surface area (Å²) in [6.45, 7) is 6.22. The van der Waals surface area contributed by atoms with Crippen LogP contribution >= 0.6 is 0 Å². The fraction of sp³-hybridized carbons (Fsp3) is 0.391. The van der Waals surface area contributed by atoms with Crippen molar-refractivity contribution in [2.45, 2.75) is 44.6 Å². The molecule has 2 amide bonds. The number of hydrogen-bond donors (Lipinski definition) is 1. The van der Waals surface area contributed by atoms with Gasteiger partial charge in [0.05, 0.1) is 4.90 Å². The number of nitrogens with one attached hydrogen (secondary N) is 1. The molecule has 1 atom stereocenters. The van der Waals surface area contributed by atoms with Gasteiger partial charge in [-0.15, -0.1) is 0 Å². The van der Waals surface area contributed by atoms with Crippen molar-refractivity contribution in [3.05, 3.63) is 59.7 Å². The summed E-state index contributed by atoms with van der Waals surface area (Å²) in [5, 5.41) is 2.91. The van der Waals surface area contributed by atoms with E-state index in [2.05, 4.69) is 5.32 Å². The molecule has 166 valence electrons. The van der Waals surface area contributed by atoms with E-state index in [9.17, 15) is 18.0 Å². The molecule has 0 radical (unpaired) electrons. The predicted octanol–water partition coefficient (Wildman–Crippen LogP) is 2.35. The number of anilines is 1. The van der Waals surface area contributed by atoms with Crippen molar-refractivity contribution in [2.75, 3.05) is 24.5 Å². The quantitative estimate of drug-likeness (QED) is 0.679. The topological polar surface area (TPSA) is 86.8 Å². The minimum absolute atomic E-state index is 0.184. The van der Waals surface area contributed by atoms with Crippen molar-refractivity contribution < 1.29 is 18.0 Å². The molecule has 0 aliphatic carbocycles. The highest BCUT2D eigenvalue weighted by Gasteiger charge is 2.37. The maximum absolute atomic E-state index is 12.9. The lowest BCUT2D eigenvalue weighted by atomic mass is 10.1. The summed E-state index contributed by atoms with van der Waals surface area (Å²) in [5.41, 5.74) is 2.40. The van der Waals surface area contributed by atoms with Crippen LogP contribution in [0.5, 0.6) is 0 Å². The van der Waals surface area contributed by atoms with E-state index < -0.39 is 16.1 Å². The predicted molar refractivity (Wildman–Crippen MR) is 120 cm³/mol. The van der Waals surface area contributed by atoms with Gasteiger partial charge in [-0.05, 0) is 35.7 Å². The van der Waals surface area contributed by atoms with Gasteiger partial charge in [-0.2, -0.15) is 4.31 Å². The number of fused-ring (bicyclic) bond motifs is 1. The number of carbonyl (C=O) groups is 2. The Kier molecular flexibility index (Phi) is 7.12. The van der Waals surface area contributed by atoms with Crippen molar-refractivity contribution in [3.8, 4) is 0 Å². The first-order chi connectivity index (χ1) is 14.8. The van der Waals surface area contributed by atoms with Crippen molar-refractivity contribution in [3.63, 3.8) is 0 Å². The molecule has 2 aromatic rings. The highest BCUT2D eigenvalue weighted by atomic mass is 32.2. The second-order valence-corrected chi connectivity index (χ2v) is 9.45. The van der Waals surface area contributed by atoms with Crippen LogP contribution in [0.3, 0.4) is 0 Å². The molecule has 0 aromatic heterocycles. The first kappa shape index (κ1) is 23.0. The van der Waals surface area contributed by atoms with Gasteiger partial charge in [-0.25, -0.2) is 8.42 Å². The van der Waals surface area contributed by atoms with Crippen LogP contribution in [-0.2, 0) is 32.5 Å². The van der Waals surface area contributed by atoms with Gasteiger partial charge < -0.3 is 5.32 Å². The largest absolute Gasteiger partial charge is 0.354 e. The van der Waals surface area contributed by atoms with Gasteiger partial charge in [0, 0.05) is 38.7 Å². The molecule has 7 nitrogen and oxygen atoms in total. The van der Waals surface area contributed by atoms with Crippen LogP contribution in [0.15, 0.2) is 53.4 Å². The Labute approximate surface area is 184 Å². The molecule has 0 saturated carbocycles. The van der Waals surface area contributed by atoms with Gasteiger partial charge in [-0.3, -0.25) is 14.5 Å². The Bertz CT molecular complexity index is 1050. The van der Waals surface area contributed by atoms with E-state index in [-0.39, 0.29) is 23.1 Å². The third-order valence-electron chi connectivity index (χ3n) is 5.58. The molecular weight excluding hydrogens is 414 g/mol. The lowest BCUT2D eigenvalue weighted by Gasteiger charge is -2.23. The number of nitrogens with zero attached hydrogens (tertiary/aromatic N) is 2. The minimum atomic E-state index is -3.61. The Balaban J connectivity index is 1.78. The number of sulfonamides is 1. The summed E-state index contributed by atoms with van der Waals surface area (Å²) in [5.74, 6) is -0.489. The molecule has 1 aliphatic heterocycles. The fourth-order valence-electron chi connectivity index (χ4n) is 3.99. The molecule has 2 aromatic carbocycles. The molecule has 8 heteroatoms. The van der Waals surface area contributed by atoms with Crippen molar-refractivity contribution in [1.29, 1.82) is 0 Å². The zero-order valence-electron chi connectivity index (χ0n) is 18.2. The van der Waals surface area contributed by atoms with E-state index >= 15 is 0 Å². The van der Waals surface area contributed by atoms with Gasteiger partial charge in [0.25, 0.3) is 0 Å². The molecule has 0 bridgehead atoms. The average Bonchev–Trinajstić information content (AvgIpc) is 3.14. The Morgan fingerprint density at radius 1 is 1.10 bits per heavy atom. The van der Waals surface area contributed by atoms with Crippen LogP contribution < -0.4 is 10.2 Å². The summed E-state index contributed by atoms with van der Waals surface area (Å²) in [6.07, 6.45) is 0.978. The summed E-state index contributed by atoms with van der Waals surface area (Å²) >= 11 is 0. The van der Waals surface area contributed by atoms with Gasteiger partial charge in [0.15, 0.2) is 0 Å². The molecular formula is C23H29N3O4S. The summed E-state index contributed by atoms with van der Waals surface area (Å²) in [4.78, 5) is 26.8. The second-order valence-electron chi connectivity index (χ2n) is 7.52. The summed E-state index contributed by atoms with van der Waals surface area (Å²) in [7, 11) is -3.61.